The first-order chi connectivity index (χ1) is 11.5. The number of halogens is 1. The van der Waals surface area contributed by atoms with E-state index in [1.54, 1.807) is 0 Å². The highest BCUT2D eigenvalue weighted by atomic mass is 79.9. The van der Waals surface area contributed by atoms with Gasteiger partial charge in [0.2, 0.25) is 0 Å². The molecule has 0 aliphatic rings. The fourth-order valence-corrected chi connectivity index (χ4v) is 3.16. The Hall–Kier alpha value is -2.11. The second-order valence-electron chi connectivity index (χ2n) is 6.01. The minimum absolute atomic E-state index is 0.0925. The maximum Gasteiger partial charge on any atom is 0.267 e. The highest BCUT2D eigenvalue weighted by Crippen LogP contribution is 2.21. The quantitative estimate of drug-likeness (QED) is 0.697. The van der Waals surface area contributed by atoms with Crippen LogP contribution in [0.2, 0.25) is 0 Å². The SMILES string of the molecule is CN(C)C(CNC(=O)c1cc2cc(Br)ccc2[nH]1)c1ccccc1. The van der Waals surface area contributed by atoms with Crippen molar-refractivity contribution in [3.8, 4) is 0 Å². The third-order valence-corrected chi connectivity index (χ3v) is 4.58. The molecule has 2 aromatic carbocycles. The molecule has 0 saturated carbocycles. The van der Waals surface area contributed by atoms with Crippen LogP contribution in [0.1, 0.15) is 22.1 Å². The summed E-state index contributed by atoms with van der Waals surface area (Å²) in [5, 5.41) is 4.05. The monoisotopic (exact) mass is 385 g/mol. The normalized spacial score (nSPS) is 12.5. The van der Waals surface area contributed by atoms with Crippen LogP contribution in [0.15, 0.2) is 59.1 Å². The van der Waals surface area contributed by atoms with E-state index in [9.17, 15) is 4.79 Å². The molecule has 0 saturated heterocycles. The van der Waals surface area contributed by atoms with Gasteiger partial charge in [-0.05, 0) is 43.9 Å². The number of benzene rings is 2. The Morgan fingerprint density at radius 1 is 1.17 bits per heavy atom. The summed E-state index contributed by atoms with van der Waals surface area (Å²) in [4.78, 5) is 17.8. The summed E-state index contributed by atoms with van der Waals surface area (Å²) in [7, 11) is 4.04. The predicted molar refractivity (Wildman–Crippen MR) is 101 cm³/mol. The molecule has 0 aliphatic carbocycles. The maximum absolute atomic E-state index is 12.5. The van der Waals surface area contributed by atoms with Gasteiger partial charge in [0.25, 0.3) is 5.91 Å². The first kappa shape index (κ1) is 16.7. The molecule has 24 heavy (non-hydrogen) atoms. The zero-order valence-electron chi connectivity index (χ0n) is 13.7. The molecule has 1 amide bonds. The number of aromatic amines is 1. The minimum atomic E-state index is -0.0925. The summed E-state index contributed by atoms with van der Waals surface area (Å²) >= 11 is 3.45. The molecular formula is C19H20BrN3O. The number of carbonyl (C=O) groups excluding carboxylic acids is 1. The van der Waals surface area contributed by atoms with Gasteiger partial charge in [-0.25, -0.2) is 0 Å². The molecule has 0 aliphatic heterocycles. The van der Waals surface area contributed by atoms with E-state index >= 15 is 0 Å². The van der Waals surface area contributed by atoms with Gasteiger partial charge in [-0.1, -0.05) is 46.3 Å². The molecule has 1 aromatic heterocycles. The number of carbonyl (C=O) groups is 1. The number of aromatic nitrogens is 1. The molecule has 0 radical (unpaired) electrons. The predicted octanol–water partition coefficient (Wildman–Crippen LogP) is 3.96. The average molecular weight is 386 g/mol. The number of hydrogen-bond acceptors (Lipinski definition) is 2. The van der Waals surface area contributed by atoms with Crippen molar-refractivity contribution in [1.82, 2.24) is 15.2 Å². The molecule has 0 bridgehead atoms. The van der Waals surface area contributed by atoms with Crippen LogP contribution in [-0.4, -0.2) is 36.4 Å². The fraction of sp³-hybridized carbons (Fsp3) is 0.211. The lowest BCUT2D eigenvalue weighted by molar-refractivity contribution is 0.0938. The van der Waals surface area contributed by atoms with Crippen LogP contribution < -0.4 is 5.32 Å². The summed E-state index contributed by atoms with van der Waals surface area (Å²) in [5.41, 5.74) is 2.72. The maximum atomic E-state index is 12.5. The van der Waals surface area contributed by atoms with Crippen molar-refractivity contribution in [1.29, 1.82) is 0 Å². The number of nitrogens with one attached hydrogen (secondary N) is 2. The lowest BCUT2D eigenvalue weighted by atomic mass is 10.1. The number of amides is 1. The fourth-order valence-electron chi connectivity index (χ4n) is 2.78. The van der Waals surface area contributed by atoms with E-state index in [4.69, 9.17) is 0 Å². The summed E-state index contributed by atoms with van der Waals surface area (Å²) in [5.74, 6) is -0.0925. The molecule has 1 unspecified atom stereocenters. The lowest BCUT2D eigenvalue weighted by Gasteiger charge is -2.25. The van der Waals surface area contributed by atoms with E-state index in [-0.39, 0.29) is 11.9 Å². The number of likely N-dealkylation sites (N-methyl/N-ethyl adjacent to an activating group) is 1. The van der Waals surface area contributed by atoms with Crippen LogP contribution in [0.25, 0.3) is 10.9 Å². The third-order valence-electron chi connectivity index (χ3n) is 4.09. The Bertz CT molecular complexity index is 842. The van der Waals surface area contributed by atoms with Crippen molar-refractivity contribution in [2.24, 2.45) is 0 Å². The van der Waals surface area contributed by atoms with Crippen LogP contribution in [0.5, 0.6) is 0 Å². The van der Waals surface area contributed by atoms with Crippen LogP contribution in [0.3, 0.4) is 0 Å². The largest absolute Gasteiger partial charge is 0.351 e. The standard InChI is InChI=1S/C19H20BrN3O/c1-23(2)18(13-6-4-3-5-7-13)12-21-19(24)17-11-14-10-15(20)8-9-16(14)22-17/h3-11,18,22H,12H2,1-2H3,(H,21,24). The van der Waals surface area contributed by atoms with Gasteiger partial charge in [0.15, 0.2) is 0 Å². The first-order valence-electron chi connectivity index (χ1n) is 7.82. The van der Waals surface area contributed by atoms with Gasteiger partial charge in [-0.3, -0.25) is 4.79 Å². The van der Waals surface area contributed by atoms with Crippen LogP contribution in [0.4, 0.5) is 0 Å². The summed E-state index contributed by atoms with van der Waals surface area (Å²) in [6.07, 6.45) is 0. The molecule has 124 valence electrons. The van der Waals surface area contributed by atoms with Crippen LogP contribution in [0, 0.1) is 0 Å². The molecule has 0 fully saturated rings. The smallest absolute Gasteiger partial charge is 0.267 e. The topological polar surface area (TPSA) is 48.1 Å². The van der Waals surface area contributed by atoms with Crippen molar-refractivity contribution in [3.05, 3.63) is 70.3 Å². The number of hydrogen-bond donors (Lipinski definition) is 2. The number of nitrogens with zero attached hydrogens (tertiary/aromatic N) is 1. The van der Waals surface area contributed by atoms with Gasteiger partial charge in [-0.15, -0.1) is 0 Å². The Kier molecular flexibility index (Phi) is 5.02. The Morgan fingerprint density at radius 2 is 1.92 bits per heavy atom. The summed E-state index contributed by atoms with van der Waals surface area (Å²) < 4.78 is 0.998. The highest BCUT2D eigenvalue weighted by Gasteiger charge is 2.16. The van der Waals surface area contributed by atoms with Crippen LogP contribution >= 0.6 is 15.9 Å². The van der Waals surface area contributed by atoms with Crippen molar-refractivity contribution >= 4 is 32.7 Å². The highest BCUT2D eigenvalue weighted by molar-refractivity contribution is 9.10. The van der Waals surface area contributed by atoms with Crippen molar-refractivity contribution < 1.29 is 4.79 Å². The van der Waals surface area contributed by atoms with Gasteiger partial charge in [0, 0.05) is 21.9 Å². The zero-order valence-corrected chi connectivity index (χ0v) is 15.3. The van der Waals surface area contributed by atoms with Gasteiger partial charge in [0.1, 0.15) is 5.69 Å². The summed E-state index contributed by atoms with van der Waals surface area (Å²) in [6.45, 7) is 0.551. The molecule has 0 spiro atoms. The minimum Gasteiger partial charge on any atom is -0.351 e. The molecule has 2 N–H and O–H groups in total. The second-order valence-corrected chi connectivity index (χ2v) is 6.93. The van der Waals surface area contributed by atoms with E-state index in [0.29, 0.717) is 12.2 Å². The summed E-state index contributed by atoms with van der Waals surface area (Å²) in [6, 6.07) is 18.1. The Balaban J connectivity index is 1.73. The van der Waals surface area contributed by atoms with Crippen molar-refractivity contribution in [3.63, 3.8) is 0 Å². The van der Waals surface area contributed by atoms with E-state index < -0.39 is 0 Å². The zero-order chi connectivity index (χ0) is 17.1. The lowest BCUT2D eigenvalue weighted by Crippen LogP contribution is -2.34. The van der Waals surface area contributed by atoms with E-state index in [2.05, 4.69) is 43.3 Å². The Morgan fingerprint density at radius 3 is 2.62 bits per heavy atom. The molecule has 4 nitrogen and oxygen atoms in total. The van der Waals surface area contributed by atoms with Gasteiger partial charge < -0.3 is 15.2 Å². The molecule has 3 aromatic rings. The van der Waals surface area contributed by atoms with Gasteiger partial charge in [0.05, 0.1) is 6.04 Å². The number of H-pyrrole nitrogens is 1. The second kappa shape index (κ2) is 7.20. The molecule has 1 atom stereocenters. The molecule has 5 heteroatoms. The van der Waals surface area contributed by atoms with Crippen molar-refractivity contribution in [2.45, 2.75) is 6.04 Å². The Labute approximate surface area is 150 Å². The van der Waals surface area contributed by atoms with E-state index in [1.165, 1.54) is 5.56 Å². The number of rotatable bonds is 5. The van der Waals surface area contributed by atoms with Crippen molar-refractivity contribution in [2.75, 3.05) is 20.6 Å². The molecular weight excluding hydrogens is 366 g/mol. The van der Waals surface area contributed by atoms with E-state index in [0.717, 1.165) is 15.4 Å². The average Bonchev–Trinajstić information content (AvgIpc) is 2.98. The first-order valence-corrected chi connectivity index (χ1v) is 8.62. The third kappa shape index (κ3) is 3.68. The molecule has 1 heterocycles. The van der Waals surface area contributed by atoms with Gasteiger partial charge in [-0.2, -0.15) is 0 Å². The molecule has 3 rings (SSSR count). The van der Waals surface area contributed by atoms with Crippen LogP contribution in [-0.2, 0) is 0 Å². The van der Waals surface area contributed by atoms with Gasteiger partial charge >= 0.3 is 0 Å². The number of fused-ring (bicyclic) bond motifs is 1. The van der Waals surface area contributed by atoms with E-state index in [1.807, 2.05) is 56.6 Å².